The average molecular weight is 976 g/mol. The minimum Gasteiger partial charge on any atom is -0.545 e. The van der Waals surface area contributed by atoms with Crippen LogP contribution in [0.25, 0.3) is 0 Å². The minimum absolute atomic E-state index is 0.0367. The summed E-state index contributed by atoms with van der Waals surface area (Å²) in [6, 6.07) is 32.6. The summed E-state index contributed by atoms with van der Waals surface area (Å²) in [7, 11) is -5.74. The molecular weight excluding hydrogens is 881 g/mol. The number of methoxy groups -OCH3 is 1. The van der Waals surface area contributed by atoms with Crippen molar-refractivity contribution in [3.05, 3.63) is 102 Å². The minimum atomic E-state index is -2.87. The molecule has 67 heavy (non-hydrogen) atoms. The van der Waals surface area contributed by atoms with Gasteiger partial charge in [-0.2, -0.15) is 0 Å². The molecule has 3 aromatic rings. The number of carbonyl (C=O) groups excluding carboxylic acids is 1. The molecule has 0 amide bonds. The number of allylic oxidation sites excluding steroid dienone is 2. The first-order valence-electron chi connectivity index (χ1n) is 25.8. The van der Waals surface area contributed by atoms with E-state index in [1.165, 1.54) is 10.4 Å². The van der Waals surface area contributed by atoms with E-state index in [0.717, 1.165) is 35.2 Å². The standard InChI is InChI=1S/C57H94O7Si3/c1-20-52(63-66(40(5)6,41(7)8)42(9)10)44(12)53(58)45(13)54(59)46(14)56(61-39-48-34-36-49(60-19)37-35-48)47(15)55(64-65(21-2,22-3)23-4)43(11)38-62-67(57(16,17)18,50-30-26-24-27-31-50)51-32-28-25-29-33-51/h24-37,40-43,45-47,54-56,59H,20-23,38-39H2,1-19H3/b52-44+/t43-,45?,46+,47+,54?,55-,56+/m0/s1. The molecule has 0 fully saturated rings. The summed E-state index contributed by atoms with van der Waals surface area (Å²) in [6.45, 7) is 40.7. The average Bonchev–Trinajstić information content (AvgIpc) is 3.31. The van der Waals surface area contributed by atoms with E-state index in [1.807, 2.05) is 38.1 Å². The first kappa shape index (κ1) is 58.5. The third-order valence-electron chi connectivity index (χ3n) is 15.6. The van der Waals surface area contributed by atoms with Gasteiger partial charge in [-0.25, -0.2) is 0 Å². The Morgan fingerprint density at radius 3 is 1.55 bits per heavy atom. The lowest BCUT2D eigenvalue weighted by Crippen LogP contribution is -2.67. The number of aliphatic hydroxyl groups excluding tert-OH is 1. The molecule has 0 heterocycles. The highest BCUT2D eigenvalue weighted by atomic mass is 28.4. The van der Waals surface area contributed by atoms with Crippen molar-refractivity contribution in [3.8, 4) is 5.75 Å². The van der Waals surface area contributed by atoms with E-state index in [0.29, 0.717) is 41.8 Å². The van der Waals surface area contributed by atoms with E-state index < -0.39 is 49.0 Å². The van der Waals surface area contributed by atoms with Crippen LogP contribution in [0, 0.1) is 23.7 Å². The molecule has 0 spiro atoms. The maximum Gasteiger partial charge on any atom is 0.261 e. The fraction of sp³-hybridized carbons (Fsp3) is 0.632. The second kappa shape index (κ2) is 25.9. The molecule has 0 saturated heterocycles. The van der Waals surface area contributed by atoms with E-state index in [-0.39, 0.29) is 28.8 Å². The van der Waals surface area contributed by atoms with Crippen LogP contribution in [0.2, 0.25) is 39.8 Å². The topological polar surface area (TPSA) is 83.5 Å². The maximum absolute atomic E-state index is 14.7. The zero-order chi connectivity index (χ0) is 50.5. The SMILES string of the molecule is CC/C(O[Si](C(C)C)(C(C)C)C(C)C)=C(/C)C(=O)C(C)C(O)[C@@H](C)[C@@H](OCc1ccc(OC)cc1)[C@H](C)[C@@H](O[Si](CC)(CC)CC)[C@@H](C)CO[Si](c1ccccc1)(c1ccccc1)C(C)(C)C. The summed E-state index contributed by atoms with van der Waals surface area (Å²) in [5, 5.41) is 14.9. The largest absolute Gasteiger partial charge is 0.545 e. The summed E-state index contributed by atoms with van der Waals surface area (Å²) in [5.74, 6) is 0.124. The first-order valence-corrected chi connectivity index (χ1v) is 32.3. The van der Waals surface area contributed by atoms with Gasteiger partial charge in [0.1, 0.15) is 5.75 Å². The van der Waals surface area contributed by atoms with Gasteiger partial charge in [-0.05, 0) is 74.8 Å². The van der Waals surface area contributed by atoms with Crippen LogP contribution < -0.4 is 15.1 Å². The molecule has 0 radical (unpaired) electrons. The van der Waals surface area contributed by atoms with Gasteiger partial charge in [0, 0.05) is 42.3 Å². The van der Waals surface area contributed by atoms with Crippen molar-refractivity contribution in [2.24, 2.45) is 23.7 Å². The van der Waals surface area contributed by atoms with E-state index in [4.69, 9.17) is 22.8 Å². The Kier molecular flexibility index (Phi) is 22.6. The highest BCUT2D eigenvalue weighted by molar-refractivity contribution is 6.99. The number of Topliss-reactive ketones (excluding diaryl/α,β-unsaturated/α-hetero) is 1. The molecule has 0 saturated carbocycles. The van der Waals surface area contributed by atoms with Crippen molar-refractivity contribution in [2.75, 3.05) is 13.7 Å². The number of ketones is 1. The predicted octanol–water partition coefficient (Wildman–Crippen LogP) is 13.9. The molecule has 7 nitrogen and oxygen atoms in total. The number of rotatable bonds is 28. The molecule has 3 aromatic carbocycles. The molecule has 0 aliphatic carbocycles. The Hall–Kier alpha value is -2.84. The van der Waals surface area contributed by atoms with Crippen LogP contribution >= 0.6 is 0 Å². The normalized spacial score (nSPS) is 16.6. The molecular formula is C57H94O7Si3. The molecule has 2 unspecified atom stereocenters. The Balaban J connectivity index is 2.18. The summed E-state index contributed by atoms with van der Waals surface area (Å²) < 4.78 is 35.0. The second-order valence-corrected chi connectivity index (χ2v) is 36.0. The van der Waals surface area contributed by atoms with Gasteiger partial charge in [0.05, 0.1) is 37.8 Å². The first-order chi connectivity index (χ1) is 31.5. The molecule has 0 aliphatic heterocycles. The van der Waals surface area contributed by atoms with Crippen LogP contribution in [0.1, 0.15) is 137 Å². The Morgan fingerprint density at radius 1 is 0.672 bits per heavy atom. The van der Waals surface area contributed by atoms with Crippen molar-refractivity contribution in [1.29, 1.82) is 0 Å². The monoisotopic (exact) mass is 975 g/mol. The quantitative estimate of drug-likeness (QED) is 0.0441. The zero-order valence-electron chi connectivity index (χ0n) is 45.5. The van der Waals surface area contributed by atoms with Crippen molar-refractivity contribution < 1.29 is 32.7 Å². The third kappa shape index (κ3) is 13.5. The van der Waals surface area contributed by atoms with E-state index in [2.05, 4.69) is 171 Å². The number of carbonyl (C=O) groups is 1. The van der Waals surface area contributed by atoms with Crippen LogP contribution in [-0.2, 0) is 29.4 Å². The third-order valence-corrected chi connectivity index (χ3v) is 31.3. The molecule has 0 aromatic heterocycles. The highest BCUT2D eigenvalue weighted by Crippen LogP contribution is 2.45. The van der Waals surface area contributed by atoms with Crippen molar-refractivity contribution in [2.45, 2.75) is 196 Å². The summed E-state index contributed by atoms with van der Waals surface area (Å²) in [5.41, 5.74) is 2.72. The van der Waals surface area contributed by atoms with Gasteiger partial charge in [0.15, 0.2) is 14.1 Å². The Bertz CT molecular complexity index is 1870. The van der Waals surface area contributed by atoms with Crippen LogP contribution in [0.5, 0.6) is 5.75 Å². The zero-order valence-corrected chi connectivity index (χ0v) is 48.5. The molecule has 7 atom stereocenters. The van der Waals surface area contributed by atoms with Crippen LogP contribution in [-0.4, -0.2) is 67.9 Å². The summed E-state index contributed by atoms with van der Waals surface area (Å²) in [4.78, 5) is 14.7. The van der Waals surface area contributed by atoms with Gasteiger partial charge in [-0.1, -0.05) is 190 Å². The number of ether oxygens (including phenoxy) is 2. The number of aliphatic hydroxyl groups is 1. The van der Waals surface area contributed by atoms with Crippen molar-refractivity contribution in [3.63, 3.8) is 0 Å². The Labute approximate surface area is 412 Å². The van der Waals surface area contributed by atoms with Crippen LogP contribution in [0.15, 0.2) is 96.3 Å². The van der Waals surface area contributed by atoms with E-state index >= 15 is 0 Å². The second-order valence-electron chi connectivity index (χ2n) is 21.6. The lowest BCUT2D eigenvalue weighted by molar-refractivity contribution is -0.130. The molecule has 0 bridgehead atoms. The van der Waals surface area contributed by atoms with Gasteiger partial charge in [0.2, 0.25) is 0 Å². The van der Waals surface area contributed by atoms with E-state index in [9.17, 15) is 9.90 Å². The maximum atomic E-state index is 14.7. The lowest BCUT2D eigenvalue weighted by atomic mass is 9.78. The van der Waals surface area contributed by atoms with E-state index in [1.54, 1.807) is 7.11 Å². The fourth-order valence-electron chi connectivity index (χ4n) is 11.3. The van der Waals surface area contributed by atoms with Gasteiger partial charge < -0.3 is 27.9 Å². The Morgan fingerprint density at radius 2 is 1.15 bits per heavy atom. The molecule has 0 aliphatic rings. The van der Waals surface area contributed by atoms with Gasteiger partial charge in [-0.3, -0.25) is 4.79 Å². The van der Waals surface area contributed by atoms with Gasteiger partial charge in [-0.15, -0.1) is 0 Å². The molecule has 3 rings (SSSR count). The van der Waals surface area contributed by atoms with Gasteiger partial charge in [0.25, 0.3) is 16.6 Å². The fourth-order valence-corrected chi connectivity index (χ4v) is 24.4. The molecule has 10 heteroatoms. The lowest BCUT2D eigenvalue weighted by Gasteiger charge is -2.46. The summed E-state index contributed by atoms with van der Waals surface area (Å²) in [6.07, 6.45) is -1.11. The van der Waals surface area contributed by atoms with Crippen molar-refractivity contribution in [1.82, 2.24) is 0 Å². The number of hydrogen-bond donors (Lipinski definition) is 1. The van der Waals surface area contributed by atoms with Crippen molar-refractivity contribution >= 4 is 41.1 Å². The smallest absolute Gasteiger partial charge is 0.261 e. The highest BCUT2D eigenvalue weighted by Gasteiger charge is 2.52. The predicted molar refractivity (Wildman–Crippen MR) is 290 cm³/mol. The van der Waals surface area contributed by atoms with Gasteiger partial charge >= 0.3 is 0 Å². The molecule has 376 valence electrons. The number of benzene rings is 3. The van der Waals surface area contributed by atoms with Crippen LogP contribution in [0.3, 0.4) is 0 Å². The molecule has 1 N–H and O–H groups in total. The number of hydrogen-bond acceptors (Lipinski definition) is 7. The van der Waals surface area contributed by atoms with Crippen LogP contribution in [0.4, 0.5) is 0 Å². The summed E-state index contributed by atoms with van der Waals surface area (Å²) >= 11 is 0.